The van der Waals surface area contributed by atoms with Gasteiger partial charge in [0.25, 0.3) is 0 Å². The zero-order valence-corrected chi connectivity index (χ0v) is 22.2. The summed E-state index contributed by atoms with van der Waals surface area (Å²) >= 11 is 0. The third-order valence-electron chi connectivity index (χ3n) is 4.63. The lowest BCUT2D eigenvalue weighted by molar-refractivity contribution is 0.0504. The van der Waals surface area contributed by atoms with Crippen molar-refractivity contribution in [3.05, 3.63) is 52.9 Å². The summed E-state index contributed by atoms with van der Waals surface area (Å²) in [7, 11) is 1.71. The number of aryl methyl sites for hydroxylation is 2. The number of aliphatic imine (C=N–C) groups is 1. The fourth-order valence-corrected chi connectivity index (χ4v) is 3.12. The Morgan fingerprint density at radius 3 is 2.41 bits per heavy atom. The summed E-state index contributed by atoms with van der Waals surface area (Å²) in [5.74, 6) is 1.51. The van der Waals surface area contributed by atoms with Crippen LogP contribution in [0.1, 0.15) is 63.2 Å². The average molecular weight is 557 g/mol. The number of aromatic nitrogens is 1. The molecule has 2 aromatic rings. The van der Waals surface area contributed by atoms with Gasteiger partial charge in [0.2, 0.25) is 0 Å². The first-order chi connectivity index (χ1) is 14.8. The summed E-state index contributed by atoms with van der Waals surface area (Å²) in [4.78, 5) is 16.7. The van der Waals surface area contributed by atoms with Gasteiger partial charge >= 0.3 is 6.09 Å². The van der Waals surface area contributed by atoms with Crippen LogP contribution in [0.5, 0.6) is 0 Å². The molecular formula is C23H36IN5O3. The fourth-order valence-electron chi connectivity index (χ4n) is 3.12. The van der Waals surface area contributed by atoms with Crippen LogP contribution in [0.2, 0.25) is 0 Å². The SMILES string of the molecule is CCc1noc(CC)c1CNC(=NC)NCC(NC(=O)OC(C)(C)C)c1ccccc1.I. The standard InChI is InChI=1S/C23H35N5O3.HI/c1-7-18-17(20(8-2)31-28-18)14-25-21(24-6)26-15-19(16-12-10-9-11-13-16)27-22(29)30-23(3,4)5;/h9-13,19H,7-8,14-15H2,1-6H3,(H,27,29)(H2,24,25,26);1H. The predicted octanol–water partition coefficient (Wildman–Crippen LogP) is 4.35. The lowest BCUT2D eigenvalue weighted by atomic mass is 10.1. The van der Waals surface area contributed by atoms with Gasteiger partial charge < -0.3 is 25.2 Å². The van der Waals surface area contributed by atoms with Crippen molar-refractivity contribution in [2.24, 2.45) is 4.99 Å². The quantitative estimate of drug-likeness (QED) is 0.254. The highest BCUT2D eigenvalue weighted by Gasteiger charge is 2.21. The second-order valence-electron chi connectivity index (χ2n) is 8.15. The molecule has 3 N–H and O–H groups in total. The molecule has 0 saturated carbocycles. The van der Waals surface area contributed by atoms with Crippen LogP contribution in [0.4, 0.5) is 4.79 Å². The molecule has 0 aliphatic carbocycles. The number of hydrogen-bond donors (Lipinski definition) is 3. The van der Waals surface area contributed by atoms with Crippen molar-refractivity contribution >= 4 is 36.0 Å². The van der Waals surface area contributed by atoms with Crippen LogP contribution < -0.4 is 16.0 Å². The van der Waals surface area contributed by atoms with E-state index in [2.05, 4.69) is 33.0 Å². The molecular weight excluding hydrogens is 521 g/mol. The van der Waals surface area contributed by atoms with Gasteiger partial charge in [0, 0.05) is 32.1 Å². The van der Waals surface area contributed by atoms with Crippen LogP contribution >= 0.6 is 24.0 Å². The Morgan fingerprint density at radius 1 is 1.16 bits per heavy atom. The Morgan fingerprint density at radius 2 is 1.84 bits per heavy atom. The number of benzene rings is 1. The number of ether oxygens (including phenoxy) is 1. The molecule has 9 heteroatoms. The molecule has 2 rings (SSSR count). The van der Waals surface area contributed by atoms with Crippen LogP contribution in [0.3, 0.4) is 0 Å². The summed E-state index contributed by atoms with van der Waals surface area (Å²) < 4.78 is 10.9. The Balaban J connectivity index is 0.00000512. The van der Waals surface area contributed by atoms with Crippen LogP contribution in [0.25, 0.3) is 0 Å². The summed E-state index contributed by atoms with van der Waals surface area (Å²) in [6, 6.07) is 9.48. The highest BCUT2D eigenvalue weighted by atomic mass is 127. The maximum absolute atomic E-state index is 12.4. The summed E-state index contributed by atoms with van der Waals surface area (Å²) in [5.41, 5.74) is 2.42. The number of nitrogens with one attached hydrogen (secondary N) is 3. The normalized spacial score (nSPS) is 12.5. The van der Waals surface area contributed by atoms with Crippen LogP contribution in [0, 0.1) is 0 Å². The summed E-state index contributed by atoms with van der Waals surface area (Å²) in [6.07, 6.45) is 1.13. The van der Waals surface area contributed by atoms with Gasteiger partial charge in [-0.15, -0.1) is 24.0 Å². The topological polar surface area (TPSA) is 101 Å². The summed E-state index contributed by atoms with van der Waals surface area (Å²) in [5, 5.41) is 13.7. The molecule has 1 aromatic heterocycles. The molecule has 0 saturated heterocycles. The van der Waals surface area contributed by atoms with E-state index in [-0.39, 0.29) is 30.0 Å². The zero-order valence-electron chi connectivity index (χ0n) is 19.8. The number of carbonyl (C=O) groups is 1. The Bertz CT molecular complexity index is 841. The maximum atomic E-state index is 12.4. The second-order valence-corrected chi connectivity index (χ2v) is 8.15. The van der Waals surface area contributed by atoms with E-state index in [9.17, 15) is 4.79 Å². The minimum absolute atomic E-state index is 0. The molecule has 1 unspecified atom stereocenters. The highest BCUT2D eigenvalue weighted by Crippen LogP contribution is 2.16. The van der Waals surface area contributed by atoms with Crippen molar-refractivity contribution in [3.8, 4) is 0 Å². The third-order valence-corrected chi connectivity index (χ3v) is 4.63. The Labute approximate surface area is 208 Å². The summed E-state index contributed by atoms with van der Waals surface area (Å²) in [6.45, 7) is 10.6. The van der Waals surface area contributed by atoms with E-state index in [0.717, 1.165) is 35.4 Å². The molecule has 1 amide bonds. The largest absolute Gasteiger partial charge is 0.444 e. The molecule has 0 aliphatic heterocycles. The zero-order chi connectivity index (χ0) is 22.9. The molecule has 1 atom stereocenters. The Kier molecular flexibility index (Phi) is 11.5. The first kappa shape index (κ1) is 27.7. The van der Waals surface area contributed by atoms with Gasteiger partial charge in [-0.25, -0.2) is 4.79 Å². The van der Waals surface area contributed by atoms with Crippen LogP contribution in [-0.2, 0) is 24.1 Å². The minimum atomic E-state index is -0.567. The first-order valence-corrected chi connectivity index (χ1v) is 10.7. The minimum Gasteiger partial charge on any atom is -0.444 e. The van der Waals surface area contributed by atoms with Gasteiger partial charge in [-0.3, -0.25) is 4.99 Å². The van der Waals surface area contributed by atoms with Gasteiger partial charge in [0.15, 0.2) is 5.96 Å². The molecule has 1 heterocycles. The van der Waals surface area contributed by atoms with Crippen molar-refractivity contribution in [1.82, 2.24) is 21.1 Å². The average Bonchev–Trinajstić information content (AvgIpc) is 3.14. The number of guanidine groups is 1. The van der Waals surface area contributed by atoms with Crippen molar-refractivity contribution in [1.29, 1.82) is 0 Å². The fraction of sp³-hybridized carbons (Fsp3) is 0.522. The second kappa shape index (κ2) is 13.3. The molecule has 8 nitrogen and oxygen atoms in total. The number of nitrogens with zero attached hydrogens (tertiary/aromatic N) is 2. The molecule has 0 fully saturated rings. The van der Waals surface area contributed by atoms with Crippen molar-refractivity contribution in [2.75, 3.05) is 13.6 Å². The molecule has 32 heavy (non-hydrogen) atoms. The molecule has 0 radical (unpaired) electrons. The van der Waals surface area contributed by atoms with E-state index in [0.29, 0.717) is 19.0 Å². The van der Waals surface area contributed by atoms with Crippen molar-refractivity contribution in [2.45, 2.75) is 65.6 Å². The predicted molar refractivity (Wildman–Crippen MR) is 137 cm³/mol. The third kappa shape index (κ3) is 8.68. The van der Waals surface area contributed by atoms with E-state index >= 15 is 0 Å². The Hall–Kier alpha value is -2.30. The first-order valence-electron chi connectivity index (χ1n) is 10.7. The molecule has 1 aromatic carbocycles. The number of amides is 1. The molecule has 0 spiro atoms. The van der Waals surface area contributed by atoms with Crippen LogP contribution in [-0.4, -0.2) is 36.4 Å². The number of hydrogen-bond acceptors (Lipinski definition) is 5. The van der Waals surface area contributed by atoms with E-state index in [1.165, 1.54) is 0 Å². The van der Waals surface area contributed by atoms with Gasteiger partial charge in [0.05, 0.1) is 11.7 Å². The van der Waals surface area contributed by atoms with Gasteiger partial charge in [0.1, 0.15) is 11.4 Å². The van der Waals surface area contributed by atoms with E-state index < -0.39 is 11.7 Å². The number of carbonyl (C=O) groups excluding carboxylic acids is 1. The molecule has 0 aliphatic rings. The van der Waals surface area contributed by atoms with Crippen LogP contribution in [0.15, 0.2) is 39.8 Å². The van der Waals surface area contributed by atoms with Gasteiger partial charge in [-0.1, -0.05) is 49.3 Å². The lowest BCUT2D eigenvalue weighted by Crippen LogP contribution is -2.44. The van der Waals surface area contributed by atoms with Gasteiger partial charge in [-0.05, 0) is 32.8 Å². The molecule has 0 bridgehead atoms. The maximum Gasteiger partial charge on any atom is 0.408 e. The highest BCUT2D eigenvalue weighted by molar-refractivity contribution is 14.0. The number of alkyl carbamates (subject to hydrolysis) is 1. The van der Waals surface area contributed by atoms with Gasteiger partial charge in [-0.2, -0.15) is 0 Å². The van der Waals surface area contributed by atoms with Crippen molar-refractivity contribution in [3.63, 3.8) is 0 Å². The monoisotopic (exact) mass is 557 g/mol. The number of rotatable bonds is 8. The number of halogens is 1. The van der Waals surface area contributed by atoms with Crippen molar-refractivity contribution < 1.29 is 14.1 Å². The lowest BCUT2D eigenvalue weighted by Gasteiger charge is -2.25. The van der Waals surface area contributed by atoms with E-state index in [4.69, 9.17) is 9.26 Å². The van der Waals surface area contributed by atoms with E-state index in [1.807, 2.05) is 58.0 Å². The smallest absolute Gasteiger partial charge is 0.408 e. The van der Waals surface area contributed by atoms with E-state index in [1.54, 1.807) is 7.05 Å². The molecule has 178 valence electrons.